The Hall–Kier alpha value is -1.96. The Balaban J connectivity index is 0.00000144. The molecule has 2 heterocycles. The maximum atomic E-state index is 11.7. The summed E-state index contributed by atoms with van der Waals surface area (Å²) in [5.74, 6) is 0.410. The SMILES string of the molecule is Cn1c(N2CCCC2)nc(N)c(N=O)c1=O.O. The minimum absolute atomic E-state index is 0. The lowest BCUT2D eigenvalue weighted by atomic mass is 10.4. The van der Waals surface area contributed by atoms with Crippen molar-refractivity contribution in [2.75, 3.05) is 23.7 Å². The van der Waals surface area contributed by atoms with E-state index in [1.807, 2.05) is 4.90 Å². The fourth-order valence-corrected chi connectivity index (χ4v) is 1.88. The van der Waals surface area contributed by atoms with Crippen LogP contribution in [0.25, 0.3) is 0 Å². The van der Waals surface area contributed by atoms with E-state index in [1.165, 1.54) is 4.57 Å². The molecular formula is C9H15N5O3. The fourth-order valence-electron chi connectivity index (χ4n) is 1.88. The summed E-state index contributed by atoms with van der Waals surface area (Å²) in [4.78, 5) is 28.2. The minimum atomic E-state index is -0.496. The van der Waals surface area contributed by atoms with E-state index < -0.39 is 5.56 Å². The number of aromatic nitrogens is 2. The monoisotopic (exact) mass is 241 g/mol. The fraction of sp³-hybridized carbons (Fsp3) is 0.556. The highest BCUT2D eigenvalue weighted by Crippen LogP contribution is 2.21. The number of hydrogen-bond acceptors (Lipinski definition) is 6. The number of rotatable bonds is 2. The first-order valence-electron chi connectivity index (χ1n) is 5.10. The van der Waals surface area contributed by atoms with Crippen LogP contribution in [0, 0.1) is 4.91 Å². The van der Waals surface area contributed by atoms with Gasteiger partial charge in [-0.25, -0.2) is 0 Å². The number of nitrogens with two attached hydrogens (primary N) is 1. The van der Waals surface area contributed by atoms with Gasteiger partial charge in [0.25, 0.3) is 5.56 Å². The second-order valence-corrected chi connectivity index (χ2v) is 3.80. The predicted octanol–water partition coefficient (Wildman–Crippen LogP) is -0.464. The Kier molecular flexibility index (Phi) is 3.79. The molecule has 0 spiro atoms. The van der Waals surface area contributed by atoms with Gasteiger partial charge in [0, 0.05) is 20.1 Å². The van der Waals surface area contributed by atoms with Gasteiger partial charge < -0.3 is 16.1 Å². The maximum Gasteiger partial charge on any atom is 0.286 e. The van der Waals surface area contributed by atoms with E-state index in [9.17, 15) is 9.70 Å². The molecule has 0 amide bonds. The van der Waals surface area contributed by atoms with Crippen molar-refractivity contribution in [1.82, 2.24) is 9.55 Å². The molecular weight excluding hydrogens is 226 g/mol. The van der Waals surface area contributed by atoms with Crippen LogP contribution in [0.1, 0.15) is 12.8 Å². The summed E-state index contributed by atoms with van der Waals surface area (Å²) in [5.41, 5.74) is 4.71. The first-order valence-corrected chi connectivity index (χ1v) is 5.10. The number of nitrogens with zero attached hydrogens (tertiary/aromatic N) is 4. The molecule has 1 aromatic rings. The molecule has 4 N–H and O–H groups in total. The van der Waals surface area contributed by atoms with Crippen LogP contribution < -0.4 is 16.2 Å². The van der Waals surface area contributed by atoms with Crippen LogP contribution in [0.3, 0.4) is 0 Å². The van der Waals surface area contributed by atoms with Gasteiger partial charge in [-0.3, -0.25) is 9.36 Å². The molecule has 1 saturated heterocycles. The number of anilines is 2. The molecule has 0 saturated carbocycles. The highest BCUT2D eigenvalue weighted by Gasteiger charge is 2.20. The van der Waals surface area contributed by atoms with Gasteiger partial charge in [-0.05, 0) is 18.0 Å². The average Bonchev–Trinajstić information content (AvgIpc) is 2.77. The van der Waals surface area contributed by atoms with E-state index in [2.05, 4.69) is 10.2 Å². The second-order valence-electron chi connectivity index (χ2n) is 3.80. The molecule has 0 aromatic carbocycles. The summed E-state index contributed by atoms with van der Waals surface area (Å²) in [6, 6.07) is 0. The Bertz CT molecular complexity index is 478. The summed E-state index contributed by atoms with van der Waals surface area (Å²) in [7, 11) is 1.57. The second kappa shape index (κ2) is 4.91. The quantitative estimate of drug-likeness (QED) is 0.701. The molecule has 0 atom stereocenters. The van der Waals surface area contributed by atoms with Crippen molar-refractivity contribution in [2.24, 2.45) is 12.2 Å². The van der Waals surface area contributed by atoms with Gasteiger partial charge in [-0.15, -0.1) is 4.91 Å². The van der Waals surface area contributed by atoms with Gasteiger partial charge >= 0.3 is 0 Å². The summed E-state index contributed by atoms with van der Waals surface area (Å²) in [5, 5.41) is 2.61. The third kappa shape index (κ3) is 2.11. The van der Waals surface area contributed by atoms with Crippen molar-refractivity contribution in [3.63, 3.8) is 0 Å². The highest BCUT2D eigenvalue weighted by atomic mass is 16.3. The van der Waals surface area contributed by atoms with Crippen LogP contribution in [0.4, 0.5) is 17.5 Å². The predicted molar refractivity (Wildman–Crippen MR) is 64.4 cm³/mol. The van der Waals surface area contributed by atoms with Gasteiger partial charge in [0.05, 0.1) is 0 Å². The number of nitrogen functional groups attached to an aromatic ring is 1. The third-order valence-corrected chi connectivity index (χ3v) is 2.75. The van der Waals surface area contributed by atoms with Gasteiger partial charge in [0.15, 0.2) is 5.82 Å². The molecule has 0 radical (unpaired) electrons. The zero-order valence-electron chi connectivity index (χ0n) is 9.51. The Morgan fingerprint density at radius 3 is 2.47 bits per heavy atom. The summed E-state index contributed by atoms with van der Waals surface area (Å²) < 4.78 is 1.32. The molecule has 94 valence electrons. The molecule has 1 aliphatic rings. The number of nitroso groups, excluding NO2 is 1. The van der Waals surface area contributed by atoms with E-state index in [0.29, 0.717) is 5.95 Å². The van der Waals surface area contributed by atoms with Crippen molar-refractivity contribution in [3.8, 4) is 0 Å². The molecule has 2 rings (SSSR count). The van der Waals surface area contributed by atoms with Crippen LogP contribution in [0.15, 0.2) is 9.97 Å². The van der Waals surface area contributed by atoms with Crippen LogP contribution in [-0.4, -0.2) is 28.1 Å². The molecule has 1 fully saturated rings. The maximum absolute atomic E-state index is 11.7. The molecule has 1 aliphatic heterocycles. The van der Waals surface area contributed by atoms with Crippen molar-refractivity contribution in [1.29, 1.82) is 0 Å². The minimum Gasteiger partial charge on any atom is -0.412 e. The van der Waals surface area contributed by atoms with Crippen molar-refractivity contribution < 1.29 is 5.48 Å². The van der Waals surface area contributed by atoms with Crippen LogP contribution in [-0.2, 0) is 7.05 Å². The van der Waals surface area contributed by atoms with Gasteiger partial charge in [-0.2, -0.15) is 4.98 Å². The Morgan fingerprint density at radius 1 is 1.35 bits per heavy atom. The summed E-state index contributed by atoms with van der Waals surface area (Å²) >= 11 is 0. The van der Waals surface area contributed by atoms with Crippen molar-refractivity contribution in [3.05, 3.63) is 15.3 Å². The third-order valence-electron chi connectivity index (χ3n) is 2.75. The van der Waals surface area contributed by atoms with Crippen LogP contribution in [0.2, 0.25) is 0 Å². The lowest BCUT2D eigenvalue weighted by Gasteiger charge is -2.19. The number of hydrogen-bond donors (Lipinski definition) is 1. The normalized spacial score (nSPS) is 14.5. The van der Waals surface area contributed by atoms with E-state index >= 15 is 0 Å². The van der Waals surface area contributed by atoms with Gasteiger partial charge in [-0.1, -0.05) is 0 Å². The summed E-state index contributed by atoms with van der Waals surface area (Å²) in [6.45, 7) is 1.71. The standard InChI is InChI=1S/C9H13N5O2.H2O/c1-13-8(15)6(12-16)7(10)11-9(13)14-4-2-3-5-14;/h2-5,10H2,1H3;1H2. The van der Waals surface area contributed by atoms with E-state index in [4.69, 9.17) is 5.73 Å². The molecule has 0 bridgehead atoms. The van der Waals surface area contributed by atoms with Crippen LogP contribution >= 0.6 is 0 Å². The first kappa shape index (κ1) is 13.1. The average molecular weight is 241 g/mol. The van der Waals surface area contributed by atoms with Gasteiger partial charge in [0.1, 0.15) is 0 Å². The largest absolute Gasteiger partial charge is 0.412 e. The van der Waals surface area contributed by atoms with Gasteiger partial charge in [0.2, 0.25) is 11.6 Å². The molecule has 17 heavy (non-hydrogen) atoms. The molecule has 8 heteroatoms. The highest BCUT2D eigenvalue weighted by molar-refractivity contribution is 5.58. The lowest BCUT2D eigenvalue weighted by Crippen LogP contribution is -2.30. The van der Waals surface area contributed by atoms with E-state index in [1.54, 1.807) is 7.05 Å². The van der Waals surface area contributed by atoms with Crippen molar-refractivity contribution >= 4 is 17.5 Å². The molecule has 8 nitrogen and oxygen atoms in total. The topological polar surface area (TPSA) is 125 Å². The first-order chi connectivity index (χ1) is 7.65. The molecule has 0 unspecified atom stereocenters. The Morgan fingerprint density at radius 2 is 1.94 bits per heavy atom. The zero-order chi connectivity index (χ0) is 11.7. The molecule has 0 aliphatic carbocycles. The smallest absolute Gasteiger partial charge is 0.286 e. The summed E-state index contributed by atoms with van der Waals surface area (Å²) in [6.07, 6.45) is 2.15. The zero-order valence-corrected chi connectivity index (χ0v) is 9.51. The molecule has 1 aromatic heterocycles. The van der Waals surface area contributed by atoms with Crippen molar-refractivity contribution in [2.45, 2.75) is 12.8 Å². The lowest BCUT2D eigenvalue weighted by molar-refractivity contribution is 0.769. The van der Waals surface area contributed by atoms with E-state index in [-0.39, 0.29) is 17.0 Å². The van der Waals surface area contributed by atoms with E-state index in [0.717, 1.165) is 25.9 Å². The van der Waals surface area contributed by atoms with Crippen LogP contribution in [0.5, 0.6) is 0 Å². The Labute approximate surface area is 97.3 Å².